The lowest BCUT2D eigenvalue weighted by atomic mass is 10.1. The normalized spacial score (nSPS) is 10.8. The summed E-state index contributed by atoms with van der Waals surface area (Å²) in [6, 6.07) is 11.0. The number of hydrogen-bond donors (Lipinski definition) is 2. The van der Waals surface area contributed by atoms with E-state index in [1.54, 1.807) is 35.2 Å². The standard InChI is InChI=1S/C21H24Cl2FN3O2/c1-2-11-27(14-21(29)26-19-8-5-16(22)12-18(19)23)13-20(28)25-10-9-15-3-6-17(24)7-4-15/h3-8,12H,2,9-11,13-14H2,1H3,(H,25,28)(H,26,29). The van der Waals surface area contributed by atoms with Gasteiger partial charge in [0.05, 0.1) is 23.8 Å². The number of anilines is 1. The molecule has 0 aliphatic rings. The Morgan fingerprint density at radius 1 is 1.03 bits per heavy atom. The van der Waals surface area contributed by atoms with E-state index >= 15 is 0 Å². The van der Waals surface area contributed by atoms with E-state index in [1.807, 2.05) is 6.92 Å². The summed E-state index contributed by atoms with van der Waals surface area (Å²) in [4.78, 5) is 26.3. The lowest BCUT2D eigenvalue weighted by Crippen LogP contribution is -2.42. The van der Waals surface area contributed by atoms with E-state index in [0.29, 0.717) is 35.2 Å². The van der Waals surface area contributed by atoms with Crippen LogP contribution in [0.5, 0.6) is 0 Å². The molecule has 0 heterocycles. The van der Waals surface area contributed by atoms with Crippen LogP contribution in [0.4, 0.5) is 10.1 Å². The Morgan fingerprint density at radius 2 is 1.72 bits per heavy atom. The summed E-state index contributed by atoms with van der Waals surface area (Å²) < 4.78 is 12.9. The third-order valence-corrected chi connectivity index (χ3v) is 4.68. The van der Waals surface area contributed by atoms with Gasteiger partial charge in [0.25, 0.3) is 0 Å². The Bertz CT molecular complexity index is 831. The molecule has 2 aromatic carbocycles. The second-order valence-corrected chi connectivity index (χ2v) is 7.45. The van der Waals surface area contributed by atoms with E-state index in [1.165, 1.54) is 12.1 Å². The van der Waals surface area contributed by atoms with Gasteiger partial charge in [0, 0.05) is 11.6 Å². The highest BCUT2D eigenvalue weighted by atomic mass is 35.5. The van der Waals surface area contributed by atoms with Gasteiger partial charge in [-0.25, -0.2) is 4.39 Å². The highest BCUT2D eigenvalue weighted by molar-refractivity contribution is 6.36. The van der Waals surface area contributed by atoms with Crippen molar-refractivity contribution < 1.29 is 14.0 Å². The van der Waals surface area contributed by atoms with E-state index in [4.69, 9.17) is 23.2 Å². The summed E-state index contributed by atoms with van der Waals surface area (Å²) in [6.07, 6.45) is 1.41. The summed E-state index contributed by atoms with van der Waals surface area (Å²) >= 11 is 11.9. The fourth-order valence-electron chi connectivity index (χ4n) is 2.77. The van der Waals surface area contributed by atoms with Gasteiger partial charge in [0.15, 0.2) is 0 Å². The number of rotatable bonds is 10. The topological polar surface area (TPSA) is 61.4 Å². The van der Waals surface area contributed by atoms with Gasteiger partial charge < -0.3 is 10.6 Å². The van der Waals surface area contributed by atoms with E-state index in [-0.39, 0.29) is 30.7 Å². The van der Waals surface area contributed by atoms with E-state index in [2.05, 4.69) is 10.6 Å². The summed E-state index contributed by atoms with van der Waals surface area (Å²) in [7, 11) is 0. The smallest absolute Gasteiger partial charge is 0.238 e. The van der Waals surface area contributed by atoms with Gasteiger partial charge in [-0.3, -0.25) is 14.5 Å². The highest BCUT2D eigenvalue weighted by Crippen LogP contribution is 2.25. The van der Waals surface area contributed by atoms with Crippen molar-refractivity contribution >= 4 is 40.7 Å². The van der Waals surface area contributed by atoms with Gasteiger partial charge in [-0.1, -0.05) is 42.3 Å². The lowest BCUT2D eigenvalue weighted by Gasteiger charge is -2.21. The molecule has 8 heteroatoms. The van der Waals surface area contributed by atoms with Crippen LogP contribution in [0.2, 0.25) is 10.0 Å². The van der Waals surface area contributed by atoms with Crippen LogP contribution < -0.4 is 10.6 Å². The molecule has 0 saturated heterocycles. The van der Waals surface area contributed by atoms with Crippen LogP contribution in [-0.2, 0) is 16.0 Å². The molecule has 0 bridgehead atoms. The summed E-state index contributed by atoms with van der Waals surface area (Å²) in [5, 5.41) is 6.40. The molecule has 156 valence electrons. The number of hydrogen-bond acceptors (Lipinski definition) is 3. The molecule has 0 aromatic heterocycles. The highest BCUT2D eigenvalue weighted by Gasteiger charge is 2.15. The Labute approximate surface area is 180 Å². The summed E-state index contributed by atoms with van der Waals surface area (Å²) in [5.74, 6) is -0.717. The van der Waals surface area contributed by atoms with Crippen molar-refractivity contribution in [3.8, 4) is 0 Å². The zero-order valence-corrected chi connectivity index (χ0v) is 17.7. The number of carbonyl (C=O) groups is 2. The molecular weight excluding hydrogens is 416 g/mol. The summed E-state index contributed by atoms with van der Waals surface area (Å²) in [6.45, 7) is 3.20. The minimum absolute atomic E-state index is 0.0676. The van der Waals surface area contributed by atoms with Crippen molar-refractivity contribution in [1.82, 2.24) is 10.2 Å². The molecule has 0 atom stereocenters. The zero-order chi connectivity index (χ0) is 21.2. The van der Waals surface area contributed by atoms with Crippen molar-refractivity contribution in [1.29, 1.82) is 0 Å². The van der Waals surface area contributed by atoms with Crippen molar-refractivity contribution in [2.24, 2.45) is 0 Å². The Morgan fingerprint density at radius 3 is 2.38 bits per heavy atom. The van der Waals surface area contributed by atoms with Gasteiger partial charge in [-0.15, -0.1) is 0 Å². The first-order valence-corrected chi connectivity index (χ1v) is 10.1. The Hall–Kier alpha value is -2.15. The molecule has 0 spiro atoms. The van der Waals surface area contributed by atoms with E-state index < -0.39 is 0 Å². The van der Waals surface area contributed by atoms with Crippen molar-refractivity contribution in [3.05, 3.63) is 63.9 Å². The van der Waals surface area contributed by atoms with Gasteiger partial charge >= 0.3 is 0 Å². The number of amides is 2. The predicted molar refractivity (Wildman–Crippen MR) is 115 cm³/mol. The SMILES string of the molecule is CCCN(CC(=O)NCCc1ccc(F)cc1)CC(=O)Nc1ccc(Cl)cc1Cl. The van der Waals surface area contributed by atoms with Crippen LogP contribution >= 0.6 is 23.2 Å². The van der Waals surface area contributed by atoms with Gasteiger partial charge in [0.2, 0.25) is 11.8 Å². The molecule has 2 aromatic rings. The van der Waals surface area contributed by atoms with Crippen molar-refractivity contribution in [3.63, 3.8) is 0 Å². The number of benzene rings is 2. The number of halogens is 3. The first-order valence-electron chi connectivity index (χ1n) is 9.35. The number of carbonyl (C=O) groups excluding carboxylic acids is 2. The fraction of sp³-hybridized carbons (Fsp3) is 0.333. The molecule has 0 fully saturated rings. The minimum atomic E-state index is -0.286. The molecule has 0 unspecified atom stereocenters. The predicted octanol–water partition coefficient (Wildman–Crippen LogP) is 4.14. The Kier molecular flexibility index (Phi) is 9.38. The second kappa shape index (κ2) is 11.8. The maximum absolute atomic E-state index is 12.9. The largest absolute Gasteiger partial charge is 0.355 e. The fourth-order valence-corrected chi connectivity index (χ4v) is 3.23. The average molecular weight is 440 g/mol. The van der Waals surface area contributed by atoms with Crippen molar-refractivity contribution in [2.75, 3.05) is 31.5 Å². The van der Waals surface area contributed by atoms with Crippen LogP contribution in [0.25, 0.3) is 0 Å². The third kappa shape index (κ3) is 8.40. The zero-order valence-electron chi connectivity index (χ0n) is 16.2. The molecule has 5 nitrogen and oxygen atoms in total. The molecular formula is C21H24Cl2FN3O2. The van der Waals surface area contributed by atoms with Crippen LogP contribution in [0.3, 0.4) is 0 Å². The van der Waals surface area contributed by atoms with Crippen molar-refractivity contribution in [2.45, 2.75) is 19.8 Å². The van der Waals surface area contributed by atoms with Crippen LogP contribution in [0, 0.1) is 5.82 Å². The molecule has 0 saturated carbocycles. The van der Waals surface area contributed by atoms with Crippen LogP contribution in [-0.4, -0.2) is 42.9 Å². The maximum atomic E-state index is 12.9. The molecule has 0 aliphatic carbocycles. The first kappa shape index (κ1) is 23.1. The quantitative estimate of drug-likeness (QED) is 0.584. The second-order valence-electron chi connectivity index (χ2n) is 6.61. The van der Waals surface area contributed by atoms with E-state index in [0.717, 1.165) is 12.0 Å². The number of nitrogens with one attached hydrogen (secondary N) is 2. The Balaban J connectivity index is 1.80. The molecule has 0 radical (unpaired) electrons. The maximum Gasteiger partial charge on any atom is 0.238 e. The monoisotopic (exact) mass is 439 g/mol. The van der Waals surface area contributed by atoms with Gasteiger partial charge in [-0.05, 0) is 55.3 Å². The molecule has 2 N–H and O–H groups in total. The van der Waals surface area contributed by atoms with Gasteiger partial charge in [0.1, 0.15) is 5.82 Å². The molecule has 2 amide bonds. The van der Waals surface area contributed by atoms with Crippen LogP contribution in [0.15, 0.2) is 42.5 Å². The molecule has 0 aliphatic heterocycles. The third-order valence-electron chi connectivity index (χ3n) is 4.13. The molecule has 29 heavy (non-hydrogen) atoms. The number of nitrogens with zero attached hydrogens (tertiary/aromatic N) is 1. The minimum Gasteiger partial charge on any atom is -0.355 e. The van der Waals surface area contributed by atoms with Crippen LogP contribution in [0.1, 0.15) is 18.9 Å². The van der Waals surface area contributed by atoms with Gasteiger partial charge in [-0.2, -0.15) is 0 Å². The average Bonchev–Trinajstić information content (AvgIpc) is 2.66. The van der Waals surface area contributed by atoms with E-state index in [9.17, 15) is 14.0 Å². The summed E-state index contributed by atoms with van der Waals surface area (Å²) in [5.41, 5.74) is 1.41. The lowest BCUT2D eigenvalue weighted by molar-refractivity contribution is -0.123. The molecule has 2 rings (SSSR count). The first-order chi connectivity index (χ1) is 13.9.